The first kappa shape index (κ1) is 13.6. The molecule has 0 aliphatic carbocycles. The summed E-state index contributed by atoms with van der Waals surface area (Å²) in [5.41, 5.74) is 3.94. The molecular weight excluding hydrogens is 279 g/mol. The summed E-state index contributed by atoms with van der Waals surface area (Å²) < 4.78 is 18.5. The molecular formula is C16H14ClFO2. The molecule has 2 aromatic carbocycles. The Balaban J connectivity index is 1.78. The molecule has 20 heavy (non-hydrogen) atoms. The molecule has 1 aliphatic heterocycles. The van der Waals surface area contributed by atoms with Gasteiger partial charge in [0.1, 0.15) is 5.82 Å². The maximum atomic E-state index is 13.1. The highest BCUT2D eigenvalue weighted by Crippen LogP contribution is 2.26. The Kier molecular flexibility index (Phi) is 3.74. The van der Waals surface area contributed by atoms with Crippen LogP contribution in [-0.4, -0.2) is 5.11 Å². The third-order valence-corrected chi connectivity index (χ3v) is 3.83. The molecule has 0 saturated carbocycles. The molecule has 1 atom stereocenters. The van der Waals surface area contributed by atoms with Gasteiger partial charge in [0.2, 0.25) is 0 Å². The first-order valence-electron chi connectivity index (χ1n) is 6.45. The molecule has 0 amide bonds. The molecule has 0 bridgehead atoms. The molecule has 4 heteroatoms. The Morgan fingerprint density at radius 3 is 2.75 bits per heavy atom. The number of ether oxygens (including phenoxy) is 1. The zero-order valence-electron chi connectivity index (χ0n) is 10.8. The summed E-state index contributed by atoms with van der Waals surface area (Å²) in [5.74, 6) is -0.445. The third kappa shape index (κ3) is 2.70. The summed E-state index contributed by atoms with van der Waals surface area (Å²) >= 11 is 5.75. The van der Waals surface area contributed by atoms with Crippen LogP contribution in [0, 0.1) is 5.82 Å². The Hall–Kier alpha value is -1.42. The van der Waals surface area contributed by atoms with Crippen LogP contribution in [0.3, 0.4) is 0 Å². The molecule has 0 radical (unpaired) electrons. The molecule has 3 rings (SSSR count). The molecule has 2 nitrogen and oxygen atoms in total. The Bertz CT molecular complexity index is 642. The Labute approximate surface area is 121 Å². The van der Waals surface area contributed by atoms with E-state index in [0.29, 0.717) is 19.6 Å². The normalized spacial score (nSPS) is 15.2. The molecule has 0 aromatic heterocycles. The van der Waals surface area contributed by atoms with Crippen LogP contribution in [0.4, 0.5) is 4.39 Å². The summed E-state index contributed by atoms with van der Waals surface area (Å²) in [6, 6.07) is 10.4. The first-order valence-corrected chi connectivity index (χ1v) is 6.83. The number of halogens is 2. The van der Waals surface area contributed by atoms with E-state index >= 15 is 0 Å². The topological polar surface area (TPSA) is 29.5 Å². The zero-order valence-corrected chi connectivity index (χ0v) is 11.5. The number of hydrogen-bond acceptors (Lipinski definition) is 2. The van der Waals surface area contributed by atoms with Crippen molar-refractivity contribution >= 4 is 11.6 Å². The van der Waals surface area contributed by atoms with E-state index in [0.717, 1.165) is 16.7 Å². The molecule has 1 N–H and O–H groups in total. The predicted octanol–water partition coefficient (Wildman–Crippen LogP) is 3.79. The zero-order chi connectivity index (χ0) is 14.1. The van der Waals surface area contributed by atoms with Gasteiger partial charge < -0.3 is 9.84 Å². The molecule has 1 unspecified atom stereocenters. The van der Waals surface area contributed by atoms with Crippen LogP contribution in [0.2, 0.25) is 5.02 Å². The fourth-order valence-corrected chi connectivity index (χ4v) is 2.61. The molecule has 0 saturated heterocycles. The van der Waals surface area contributed by atoms with E-state index in [4.69, 9.17) is 16.3 Å². The van der Waals surface area contributed by atoms with Crippen molar-refractivity contribution in [2.75, 3.05) is 0 Å². The summed E-state index contributed by atoms with van der Waals surface area (Å²) in [4.78, 5) is 0. The van der Waals surface area contributed by atoms with Gasteiger partial charge in [0.05, 0.1) is 24.3 Å². The molecule has 104 valence electrons. The SMILES string of the molecule is OC(Cc1ccc(F)c(Cl)c1)c1ccc2c(c1)COC2. The van der Waals surface area contributed by atoms with Gasteiger partial charge in [0, 0.05) is 6.42 Å². The van der Waals surface area contributed by atoms with Gasteiger partial charge in [0.15, 0.2) is 0 Å². The standard InChI is InChI=1S/C16H14ClFO2/c17-14-5-10(1-4-15(14)18)6-16(19)11-2-3-12-8-20-9-13(12)7-11/h1-5,7,16,19H,6,8-9H2. The average Bonchev–Trinajstić information content (AvgIpc) is 2.90. The van der Waals surface area contributed by atoms with Crippen molar-refractivity contribution in [2.24, 2.45) is 0 Å². The van der Waals surface area contributed by atoms with Crippen LogP contribution in [-0.2, 0) is 24.4 Å². The quantitative estimate of drug-likeness (QED) is 0.933. The van der Waals surface area contributed by atoms with Crippen LogP contribution < -0.4 is 0 Å². The van der Waals surface area contributed by atoms with Crippen molar-refractivity contribution in [3.63, 3.8) is 0 Å². The molecule has 1 aliphatic rings. The van der Waals surface area contributed by atoms with Gasteiger partial charge in [0.25, 0.3) is 0 Å². The molecule has 0 spiro atoms. The van der Waals surface area contributed by atoms with Crippen LogP contribution in [0.25, 0.3) is 0 Å². The minimum Gasteiger partial charge on any atom is -0.388 e. The predicted molar refractivity (Wildman–Crippen MR) is 75.0 cm³/mol. The number of aliphatic hydroxyl groups excluding tert-OH is 1. The Morgan fingerprint density at radius 1 is 1.15 bits per heavy atom. The third-order valence-electron chi connectivity index (χ3n) is 3.54. The fourth-order valence-electron chi connectivity index (χ4n) is 2.41. The van der Waals surface area contributed by atoms with E-state index in [1.807, 2.05) is 18.2 Å². The van der Waals surface area contributed by atoms with Crippen LogP contribution >= 0.6 is 11.6 Å². The van der Waals surface area contributed by atoms with Crippen LogP contribution in [0.5, 0.6) is 0 Å². The van der Waals surface area contributed by atoms with Crippen LogP contribution in [0.15, 0.2) is 36.4 Å². The smallest absolute Gasteiger partial charge is 0.141 e. The maximum absolute atomic E-state index is 13.1. The lowest BCUT2D eigenvalue weighted by atomic mass is 9.98. The van der Waals surface area contributed by atoms with Gasteiger partial charge in [-0.2, -0.15) is 0 Å². The average molecular weight is 293 g/mol. The van der Waals surface area contributed by atoms with Crippen molar-refractivity contribution in [3.8, 4) is 0 Å². The van der Waals surface area contributed by atoms with E-state index < -0.39 is 11.9 Å². The minimum atomic E-state index is -0.637. The number of rotatable bonds is 3. The minimum absolute atomic E-state index is 0.0806. The summed E-state index contributed by atoms with van der Waals surface area (Å²) in [6.07, 6.45) is -0.234. The van der Waals surface area contributed by atoms with E-state index in [1.165, 1.54) is 11.6 Å². The lowest BCUT2D eigenvalue weighted by Gasteiger charge is -2.12. The summed E-state index contributed by atoms with van der Waals surface area (Å²) in [6.45, 7) is 1.23. The highest BCUT2D eigenvalue weighted by atomic mass is 35.5. The van der Waals surface area contributed by atoms with E-state index in [2.05, 4.69) is 0 Å². The molecule has 0 fully saturated rings. The second kappa shape index (κ2) is 5.52. The lowest BCUT2D eigenvalue weighted by Crippen LogP contribution is -2.03. The second-order valence-corrected chi connectivity index (χ2v) is 5.40. The lowest BCUT2D eigenvalue weighted by molar-refractivity contribution is 0.134. The fraction of sp³-hybridized carbons (Fsp3) is 0.250. The van der Waals surface area contributed by atoms with Crippen LogP contribution in [0.1, 0.15) is 28.4 Å². The molecule has 1 heterocycles. The number of fused-ring (bicyclic) bond motifs is 1. The largest absolute Gasteiger partial charge is 0.388 e. The van der Waals surface area contributed by atoms with Gasteiger partial charge in [-0.15, -0.1) is 0 Å². The van der Waals surface area contributed by atoms with Crippen molar-refractivity contribution < 1.29 is 14.2 Å². The molecule has 2 aromatic rings. The highest BCUT2D eigenvalue weighted by Gasteiger charge is 2.15. The highest BCUT2D eigenvalue weighted by molar-refractivity contribution is 6.30. The van der Waals surface area contributed by atoms with Gasteiger partial charge in [-0.25, -0.2) is 4.39 Å². The van der Waals surface area contributed by atoms with E-state index in [-0.39, 0.29) is 5.02 Å². The second-order valence-electron chi connectivity index (χ2n) is 4.99. The summed E-state index contributed by atoms with van der Waals surface area (Å²) in [7, 11) is 0. The van der Waals surface area contributed by atoms with Gasteiger partial charge in [-0.1, -0.05) is 35.9 Å². The number of aliphatic hydroxyl groups is 1. The summed E-state index contributed by atoms with van der Waals surface area (Å²) in [5, 5.41) is 10.4. The van der Waals surface area contributed by atoms with Gasteiger partial charge in [-0.3, -0.25) is 0 Å². The monoisotopic (exact) mass is 292 g/mol. The first-order chi connectivity index (χ1) is 9.63. The maximum Gasteiger partial charge on any atom is 0.141 e. The van der Waals surface area contributed by atoms with Crippen molar-refractivity contribution in [1.82, 2.24) is 0 Å². The van der Waals surface area contributed by atoms with Crippen molar-refractivity contribution in [2.45, 2.75) is 25.7 Å². The van der Waals surface area contributed by atoms with Crippen molar-refractivity contribution in [1.29, 1.82) is 0 Å². The Morgan fingerprint density at radius 2 is 1.95 bits per heavy atom. The van der Waals surface area contributed by atoms with Gasteiger partial charge >= 0.3 is 0 Å². The van der Waals surface area contributed by atoms with Crippen molar-refractivity contribution in [3.05, 3.63) is 69.5 Å². The van der Waals surface area contributed by atoms with E-state index in [9.17, 15) is 9.50 Å². The van der Waals surface area contributed by atoms with E-state index in [1.54, 1.807) is 12.1 Å². The van der Waals surface area contributed by atoms with Gasteiger partial charge in [-0.05, 0) is 34.4 Å². The number of hydrogen-bond donors (Lipinski definition) is 1. The number of benzene rings is 2.